The van der Waals surface area contributed by atoms with Crippen molar-refractivity contribution in [2.45, 2.75) is 33.3 Å². The Balaban J connectivity index is 4.14. The highest BCUT2D eigenvalue weighted by atomic mass is 16.4. The van der Waals surface area contributed by atoms with Crippen molar-refractivity contribution in [1.82, 2.24) is 0 Å². The summed E-state index contributed by atoms with van der Waals surface area (Å²) in [5.41, 5.74) is -0.220. The Morgan fingerprint density at radius 2 is 1.92 bits per heavy atom. The van der Waals surface area contributed by atoms with E-state index in [1.807, 2.05) is 20.8 Å². The van der Waals surface area contributed by atoms with Crippen LogP contribution in [0.2, 0.25) is 0 Å². The van der Waals surface area contributed by atoms with Gasteiger partial charge < -0.3 is 10.2 Å². The molecule has 0 aliphatic carbocycles. The monoisotopic (exact) mass is 172 g/mol. The van der Waals surface area contributed by atoms with Crippen molar-refractivity contribution in [3.8, 4) is 0 Å². The van der Waals surface area contributed by atoms with Crippen LogP contribution in [0.5, 0.6) is 0 Å². The van der Waals surface area contributed by atoms with Crippen molar-refractivity contribution >= 4 is 5.97 Å². The zero-order valence-electron chi connectivity index (χ0n) is 7.79. The summed E-state index contributed by atoms with van der Waals surface area (Å²) in [6.07, 6.45) is -0.527. The molecule has 0 bridgehead atoms. The number of aliphatic hydroxyl groups is 1. The van der Waals surface area contributed by atoms with Crippen LogP contribution in [0.1, 0.15) is 27.2 Å². The third-order valence-corrected chi connectivity index (χ3v) is 1.48. The lowest BCUT2D eigenvalue weighted by molar-refractivity contribution is -0.133. The summed E-state index contributed by atoms with van der Waals surface area (Å²) in [5, 5.41) is 17.8. The summed E-state index contributed by atoms with van der Waals surface area (Å²) in [6.45, 7) is 9.10. The summed E-state index contributed by atoms with van der Waals surface area (Å²) in [5.74, 6) is -1.13. The number of carboxylic acids is 1. The van der Waals surface area contributed by atoms with Crippen LogP contribution in [0.3, 0.4) is 0 Å². The quantitative estimate of drug-likeness (QED) is 0.633. The highest BCUT2D eigenvalue weighted by Crippen LogP contribution is 2.23. The largest absolute Gasteiger partial charge is 0.478 e. The second-order valence-corrected chi connectivity index (χ2v) is 4.11. The van der Waals surface area contributed by atoms with Gasteiger partial charge in [-0.15, -0.1) is 0 Å². The molecule has 0 aromatic carbocycles. The number of carboxylic acid groups (broad SMARTS) is 1. The fourth-order valence-electron chi connectivity index (χ4n) is 0.846. The number of aliphatic hydroxyl groups excluding tert-OH is 1. The lowest BCUT2D eigenvalue weighted by Crippen LogP contribution is -2.22. The van der Waals surface area contributed by atoms with E-state index in [9.17, 15) is 9.90 Å². The summed E-state index contributed by atoms with van der Waals surface area (Å²) < 4.78 is 0. The molecule has 0 aromatic heterocycles. The molecule has 2 N–H and O–H groups in total. The smallest absolute Gasteiger partial charge is 0.333 e. The minimum atomic E-state index is -1.13. The Labute approximate surface area is 72.7 Å². The summed E-state index contributed by atoms with van der Waals surface area (Å²) >= 11 is 0. The molecule has 0 amide bonds. The Hall–Kier alpha value is -0.830. The molecule has 0 saturated carbocycles. The Morgan fingerprint density at radius 1 is 1.50 bits per heavy atom. The molecule has 0 rings (SSSR count). The van der Waals surface area contributed by atoms with Crippen LogP contribution < -0.4 is 0 Å². The first kappa shape index (κ1) is 11.2. The molecule has 0 aliphatic heterocycles. The van der Waals surface area contributed by atoms with Crippen molar-refractivity contribution < 1.29 is 15.0 Å². The molecule has 0 aromatic rings. The van der Waals surface area contributed by atoms with E-state index in [0.717, 1.165) is 0 Å². The van der Waals surface area contributed by atoms with Crippen LogP contribution in [0, 0.1) is 5.41 Å². The van der Waals surface area contributed by atoms with Crippen LogP contribution in [0.4, 0.5) is 0 Å². The lowest BCUT2D eigenvalue weighted by atomic mass is 9.87. The molecule has 0 fully saturated rings. The van der Waals surface area contributed by atoms with Gasteiger partial charge in [0.05, 0.1) is 11.7 Å². The number of hydrogen-bond acceptors (Lipinski definition) is 2. The maximum Gasteiger partial charge on any atom is 0.333 e. The second kappa shape index (κ2) is 3.72. The highest BCUT2D eigenvalue weighted by Gasteiger charge is 2.21. The molecule has 70 valence electrons. The van der Waals surface area contributed by atoms with E-state index < -0.39 is 12.1 Å². The van der Waals surface area contributed by atoms with E-state index in [2.05, 4.69) is 6.58 Å². The fourth-order valence-corrected chi connectivity index (χ4v) is 0.846. The molecule has 0 radical (unpaired) electrons. The summed E-state index contributed by atoms with van der Waals surface area (Å²) in [4.78, 5) is 10.4. The number of rotatable bonds is 3. The molecule has 0 saturated heterocycles. The minimum absolute atomic E-state index is 0.0855. The van der Waals surface area contributed by atoms with Crippen LogP contribution >= 0.6 is 0 Å². The zero-order valence-corrected chi connectivity index (χ0v) is 7.79. The van der Waals surface area contributed by atoms with E-state index >= 15 is 0 Å². The van der Waals surface area contributed by atoms with E-state index in [1.54, 1.807) is 0 Å². The third-order valence-electron chi connectivity index (χ3n) is 1.48. The highest BCUT2D eigenvalue weighted by molar-refractivity contribution is 5.86. The van der Waals surface area contributed by atoms with Gasteiger partial charge in [0.25, 0.3) is 0 Å². The lowest BCUT2D eigenvalue weighted by Gasteiger charge is -2.22. The van der Waals surface area contributed by atoms with Gasteiger partial charge in [-0.3, -0.25) is 0 Å². The first-order valence-electron chi connectivity index (χ1n) is 3.84. The maximum atomic E-state index is 10.4. The number of hydrogen-bond donors (Lipinski definition) is 2. The van der Waals surface area contributed by atoms with Gasteiger partial charge in [0.1, 0.15) is 0 Å². The fraction of sp³-hybridized carbons (Fsp3) is 0.667. The predicted octanol–water partition coefficient (Wildman–Crippen LogP) is 1.42. The normalized spacial score (nSPS) is 14.0. The van der Waals surface area contributed by atoms with Crippen LogP contribution in [-0.4, -0.2) is 22.3 Å². The molecule has 0 spiro atoms. The maximum absolute atomic E-state index is 10.4. The zero-order chi connectivity index (χ0) is 9.94. The van der Waals surface area contributed by atoms with Gasteiger partial charge in [0.15, 0.2) is 0 Å². The molecule has 0 aliphatic rings. The molecule has 3 nitrogen and oxygen atoms in total. The average Bonchev–Trinajstić information content (AvgIpc) is 1.82. The van der Waals surface area contributed by atoms with Crippen molar-refractivity contribution in [2.75, 3.05) is 0 Å². The van der Waals surface area contributed by atoms with Crippen LogP contribution in [-0.2, 0) is 4.79 Å². The molecule has 1 atom stereocenters. The van der Waals surface area contributed by atoms with Gasteiger partial charge >= 0.3 is 5.97 Å². The molecule has 0 heterocycles. The van der Waals surface area contributed by atoms with Crippen molar-refractivity contribution in [3.63, 3.8) is 0 Å². The van der Waals surface area contributed by atoms with E-state index in [-0.39, 0.29) is 11.0 Å². The standard InChI is InChI=1S/C9H16O3/c1-6(8(11)12)7(10)5-9(2,3)4/h7,10H,1,5H2,2-4H3,(H,11,12). The first-order valence-corrected chi connectivity index (χ1v) is 3.84. The first-order chi connectivity index (χ1) is 5.24. The van der Waals surface area contributed by atoms with Crippen LogP contribution in [0.25, 0.3) is 0 Å². The Morgan fingerprint density at radius 3 is 2.17 bits per heavy atom. The number of aliphatic carboxylic acids is 1. The van der Waals surface area contributed by atoms with Crippen molar-refractivity contribution in [3.05, 3.63) is 12.2 Å². The SMILES string of the molecule is C=C(C(=O)O)C(O)CC(C)(C)C. The van der Waals surface area contributed by atoms with E-state index in [1.165, 1.54) is 0 Å². The van der Waals surface area contributed by atoms with Gasteiger partial charge in [0, 0.05) is 0 Å². The summed E-state index contributed by atoms with van der Waals surface area (Å²) in [7, 11) is 0. The molecule has 12 heavy (non-hydrogen) atoms. The van der Waals surface area contributed by atoms with Gasteiger partial charge in [-0.1, -0.05) is 27.4 Å². The van der Waals surface area contributed by atoms with Crippen molar-refractivity contribution in [1.29, 1.82) is 0 Å². The van der Waals surface area contributed by atoms with E-state index in [4.69, 9.17) is 5.11 Å². The Bertz CT molecular complexity index is 188. The summed E-state index contributed by atoms with van der Waals surface area (Å²) in [6, 6.07) is 0. The molecule has 1 unspecified atom stereocenters. The number of carbonyl (C=O) groups is 1. The van der Waals surface area contributed by atoms with Gasteiger partial charge in [-0.25, -0.2) is 4.79 Å². The topological polar surface area (TPSA) is 57.5 Å². The third kappa shape index (κ3) is 4.13. The molecule has 3 heteroatoms. The van der Waals surface area contributed by atoms with Gasteiger partial charge in [-0.05, 0) is 11.8 Å². The van der Waals surface area contributed by atoms with Crippen LogP contribution in [0.15, 0.2) is 12.2 Å². The average molecular weight is 172 g/mol. The van der Waals surface area contributed by atoms with Gasteiger partial charge in [0.2, 0.25) is 0 Å². The minimum Gasteiger partial charge on any atom is -0.478 e. The van der Waals surface area contributed by atoms with E-state index in [0.29, 0.717) is 6.42 Å². The Kier molecular flexibility index (Phi) is 3.46. The van der Waals surface area contributed by atoms with Gasteiger partial charge in [-0.2, -0.15) is 0 Å². The van der Waals surface area contributed by atoms with Crippen molar-refractivity contribution in [2.24, 2.45) is 5.41 Å². The predicted molar refractivity (Wildman–Crippen MR) is 46.9 cm³/mol. The second-order valence-electron chi connectivity index (χ2n) is 4.11. The molecular formula is C9H16O3. The molecular weight excluding hydrogens is 156 g/mol.